The summed E-state index contributed by atoms with van der Waals surface area (Å²) in [5, 5.41) is 16.2. The molecule has 6 nitrogen and oxygen atoms in total. The number of hydrogen-bond donors (Lipinski definition) is 2. The van der Waals surface area contributed by atoms with Crippen LogP contribution in [-0.4, -0.2) is 17.4 Å². The summed E-state index contributed by atoms with van der Waals surface area (Å²) in [6.45, 7) is 1.95. The number of nitrogens with one attached hydrogen (secondary N) is 2. The molecule has 0 heterocycles. The predicted octanol–water partition coefficient (Wildman–Crippen LogP) is 3.48. The molecule has 0 saturated heterocycles. The molecule has 0 atom stereocenters. The minimum Gasteiger partial charge on any atom is -0.379 e. The van der Waals surface area contributed by atoms with Crippen molar-refractivity contribution in [3.8, 4) is 0 Å². The van der Waals surface area contributed by atoms with Crippen molar-refractivity contribution in [1.82, 2.24) is 0 Å². The van der Waals surface area contributed by atoms with Gasteiger partial charge in [-0.1, -0.05) is 18.2 Å². The highest BCUT2D eigenvalue weighted by molar-refractivity contribution is 5.91. The number of carbonyl (C=O) groups is 1. The molecule has 7 heteroatoms. The molecule has 0 radical (unpaired) electrons. The second-order valence-corrected chi connectivity index (χ2v) is 4.98. The summed E-state index contributed by atoms with van der Waals surface area (Å²) in [6, 6.07) is 10.7. The molecule has 0 aliphatic heterocycles. The van der Waals surface area contributed by atoms with Gasteiger partial charge in [0, 0.05) is 19.0 Å². The van der Waals surface area contributed by atoms with E-state index in [1.807, 2.05) is 0 Å². The molecule has 0 saturated carbocycles. The number of amides is 1. The SMILES string of the molecule is Cc1ccc(NC(=O)CCNc2ccccc2[N+](=O)[O-])c(F)c1. The molecule has 23 heavy (non-hydrogen) atoms. The smallest absolute Gasteiger partial charge is 0.292 e. The molecule has 0 bridgehead atoms. The molecule has 1 amide bonds. The van der Waals surface area contributed by atoms with Crippen LogP contribution in [-0.2, 0) is 4.79 Å². The van der Waals surface area contributed by atoms with Gasteiger partial charge in [-0.15, -0.1) is 0 Å². The number of nitro groups is 1. The fourth-order valence-electron chi connectivity index (χ4n) is 2.03. The predicted molar refractivity (Wildman–Crippen MR) is 86.0 cm³/mol. The first kappa shape index (κ1) is 16.4. The van der Waals surface area contributed by atoms with Crippen LogP contribution in [0.4, 0.5) is 21.5 Å². The number of aryl methyl sites for hydroxylation is 1. The second-order valence-electron chi connectivity index (χ2n) is 4.98. The number of nitrogens with zero attached hydrogens (tertiary/aromatic N) is 1. The van der Waals surface area contributed by atoms with Crippen molar-refractivity contribution in [2.75, 3.05) is 17.2 Å². The Balaban J connectivity index is 1.89. The number of halogens is 1. The average Bonchev–Trinajstić information content (AvgIpc) is 2.50. The van der Waals surface area contributed by atoms with Gasteiger partial charge in [0.1, 0.15) is 11.5 Å². The van der Waals surface area contributed by atoms with Gasteiger partial charge in [0.2, 0.25) is 5.91 Å². The lowest BCUT2D eigenvalue weighted by atomic mass is 10.2. The van der Waals surface area contributed by atoms with Crippen molar-refractivity contribution in [1.29, 1.82) is 0 Å². The van der Waals surface area contributed by atoms with Gasteiger partial charge in [-0.2, -0.15) is 0 Å². The second kappa shape index (κ2) is 7.35. The fourth-order valence-corrected chi connectivity index (χ4v) is 2.03. The lowest BCUT2D eigenvalue weighted by molar-refractivity contribution is -0.384. The Morgan fingerprint density at radius 2 is 1.96 bits per heavy atom. The first-order valence-corrected chi connectivity index (χ1v) is 7.00. The topological polar surface area (TPSA) is 84.3 Å². The van der Waals surface area contributed by atoms with E-state index in [4.69, 9.17) is 0 Å². The summed E-state index contributed by atoms with van der Waals surface area (Å²) >= 11 is 0. The zero-order valence-corrected chi connectivity index (χ0v) is 12.5. The van der Waals surface area contributed by atoms with Gasteiger partial charge in [-0.05, 0) is 30.7 Å². The Labute approximate surface area is 132 Å². The van der Waals surface area contributed by atoms with E-state index in [-0.39, 0.29) is 30.2 Å². The number of hydrogen-bond acceptors (Lipinski definition) is 4. The molecular weight excluding hydrogens is 301 g/mol. The maximum atomic E-state index is 13.6. The summed E-state index contributed by atoms with van der Waals surface area (Å²) in [5.74, 6) is -0.871. The molecule has 2 rings (SSSR count). The van der Waals surface area contributed by atoms with Crippen LogP contribution in [0.25, 0.3) is 0 Å². The van der Waals surface area contributed by atoms with Crippen LogP contribution in [0.1, 0.15) is 12.0 Å². The van der Waals surface area contributed by atoms with E-state index < -0.39 is 10.7 Å². The number of carbonyl (C=O) groups excluding carboxylic acids is 1. The quantitative estimate of drug-likeness (QED) is 0.631. The van der Waals surface area contributed by atoms with Crippen LogP contribution in [0, 0.1) is 22.9 Å². The Morgan fingerprint density at radius 1 is 1.22 bits per heavy atom. The number of nitro benzene ring substituents is 1. The lowest BCUT2D eigenvalue weighted by Gasteiger charge is -2.09. The zero-order chi connectivity index (χ0) is 16.8. The molecular formula is C16H16FN3O3. The Kier molecular flexibility index (Phi) is 5.24. The van der Waals surface area contributed by atoms with Crippen LogP contribution < -0.4 is 10.6 Å². The largest absolute Gasteiger partial charge is 0.379 e. The normalized spacial score (nSPS) is 10.2. The Morgan fingerprint density at radius 3 is 2.65 bits per heavy atom. The van der Waals surface area contributed by atoms with E-state index in [0.29, 0.717) is 5.69 Å². The first-order valence-electron chi connectivity index (χ1n) is 7.00. The minimum atomic E-state index is -0.496. The molecule has 120 valence electrons. The molecule has 0 spiro atoms. The van der Waals surface area contributed by atoms with E-state index in [1.54, 1.807) is 31.2 Å². The molecule has 0 unspecified atom stereocenters. The first-order chi connectivity index (χ1) is 11.0. The highest BCUT2D eigenvalue weighted by Gasteiger charge is 2.12. The highest BCUT2D eigenvalue weighted by Crippen LogP contribution is 2.23. The number of anilines is 2. The van der Waals surface area contributed by atoms with E-state index >= 15 is 0 Å². The van der Waals surface area contributed by atoms with Gasteiger partial charge in [0.15, 0.2) is 0 Å². The van der Waals surface area contributed by atoms with Gasteiger partial charge < -0.3 is 10.6 Å². The van der Waals surface area contributed by atoms with Gasteiger partial charge >= 0.3 is 0 Å². The van der Waals surface area contributed by atoms with Gasteiger partial charge in [0.05, 0.1) is 10.6 Å². The van der Waals surface area contributed by atoms with E-state index in [9.17, 15) is 19.3 Å². The average molecular weight is 317 g/mol. The summed E-state index contributed by atoms with van der Waals surface area (Å²) in [6.07, 6.45) is 0.0549. The van der Waals surface area contributed by atoms with E-state index in [0.717, 1.165) is 5.56 Å². The van der Waals surface area contributed by atoms with Crippen molar-refractivity contribution in [3.05, 3.63) is 64.0 Å². The third-order valence-electron chi connectivity index (χ3n) is 3.17. The van der Waals surface area contributed by atoms with Crippen molar-refractivity contribution < 1.29 is 14.1 Å². The lowest BCUT2D eigenvalue weighted by Crippen LogP contribution is -2.17. The standard InChI is InChI=1S/C16H16FN3O3/c1-11-6-7-13(12(17)10-11)19-16(21)8-9-18-14-4-2-3-5-15(14)20(22)23/h2-7,10,18H,8-9H2,1H3,(H,19,21). The summed E-state index contributed by atoms with van der Waals surface area (Å²) in [7, 11) is 0. The summed E-state index contributed by atoms with van der Waals surface area (Å²) in [4.78, 5) is 22.2. The number of rotatable bonds is 6. The van der Waals surface area contributed by atoms with Crippen LogP contribution in [0.15, 0.2) is 42.5 Å². The third kappa shape index (κ3) is 4.50. The minimum absolute atomic E-state index is 0.0549. The molecule has 2 N–H and O–H groups in total. The van der Waals surface area contributed by atoms with Crippen molar-refractivity contribution in [2.24, 2.45) is 0 Å². The van der Waals surface area contributed by atoms with Crippen LogP contribution >= 0.6 is 0 Å². The summed E-state index contributed by atoms with van der Waals surface area (Å²) < 4.78 is 13.6. The zero-order valence-electron chi connectivity index (χ0n) is 12.5. The molecule has 0 aliphatic rings. The fraction of sp³-hybridized carbons (Fsp3) is 0.188. The van der Waals surface area contributed by atoms with Crippen LogP contribution in [0.2, 0.25) is 0 Å². The molecule has 2 aromatic carbocycles. The Bertz CT molecular complexity index is 734. The van der Waals surface area contributed by atoms with Crippen molar-refractivity contribution in [2.45, 2.75) is 13.3 Å². The van der Waals surface area contributed by atoms with Crippen molar-refractivity contribution in [3.63, 3.8) is 0 Å². The maximum absolute atomic E-state index is 13.6. The van der Waals surface area contributed by atoms with E-state index in [2.05, 4.69) is 10.6 Å². The Hall–Kier alpha value is -2.96. The number of benzene rings is 2. The monoisotopic (exact) mass is 317 g/mol. The molecule has 0 fully saturated rings. The van der Waals surface area contributed by atoms with E-state index in [1.165, 1.54) is 18.2 Å². The number of para-hydroxylation sites is 2. The van der Waals surface area contributed by atoms with Gasteiger partial charge in [0.25, 0.3) is 5.69 Å². The third-order valence-corrected chi connectivity index (χ3v) is 3.17. The van der Waals surface area contributed by atoms with Gasteiger partial charge in [-0.3, -0.25) is 14.9 Å². The van der Waals surface area contributed by atoms with Crippen LogP contribution in [0.3, 0.4) is 0 Å². The summed E-state index contributed by atoms with van der Waals surface area (Å²) in [5.41, 5.74) is 1.16. The van der Waals surface area contributed by atoms with Crippen molar-refractivity contribution >= 4 is 23.0 Å². The molecule has 2 aromatic rings. The highest BCUT2D eigenvalue weighted by atomic mass is 19.1. The van der Waals surface area contributed by atoms with Gasteiger partial charge in [-0.25, -0.2) is 4.39 Å². The molecule has 0 aromatic heterocycles. The molecule has 0 aliphatic carbocycles. The van der Waals surface area contributed by atoms with Crippen LogP contribution in [0.5, 0.6) is 0 Å². The maximum Gasteiger partial charge on any atom is 0.292 e.